The second-order valence-corrected chi connectivity index (χ2v) is 7.34. The summed E-state index contributed by atoms with van der Waals surface area (Å²) >= 11 is 3.51. The number of amides is 2. The fourth-order valence-electron chi connectivity index (χ4n) is 3.19. The highest BCUT2D eigenvalue weighted by atomic mass is 79.9. The topological polar surface area (TPSA) is 84.7 Å². The van der Waals surface area contributed by atoms with Crippen LogP contribution in [0.1, 0.15) is 12.8 Å². The van der Waals surface area contributed by atoms with Gasteiger partial charge in [0.2, 0.25) is 5.91 Å². The van der Waals surface area contributed by atoms with E-state index in [1.165, 1.54) is 0 Å². The van der Waals surface area contributed by atoms with Crippen molar-refractivity contribution < 1.29 is 14.3 Å². The van der Waals surface area contributed by atoms with Gasteiger partial charge in [-0.2, -0.15) is 0 Å². The van der Waals surface area contributed by atoms with Gasteiger partial charge in [0.1, 0.15) is 5.75 Å². The van der Waals surface area contributed by atoms with Crippen molar-refractivity contribution in [1.82, 2.24) is 10.3 Å². The smallest absolute Gasteiger partial charge is 0.260 e. The van der Waals surface area contributed by atoms with Gasteiger partial charge in [0, 0.05) is 13.1 Å². The van der Waals surface area contributed by atoms with Crippen molar-refractivity contribution in [3.8, 4) is 16.9 Å². The minimum Gasteiger partial charge on any atom is -0.483 e. The van der Waals surface area contributed by atoms with Crippen molar-refractivity contribution >= 4 is 27.7 Å². The third kappa shape index (κ3) is 4.87. The monoisotopic (exact) mass is 431 g/mol. The average molecular weight is 432 g/mol. The normalized spacial score (nSPS) is 16.7. The Morgan fingerprint density at radius 2 is 1.96 bits per heavy atom. The molecule has 6 nitrogen and oxygen atoms in total. The summed E-state index contributed by atoms with van der Waals surface area (Å²) in [5, 5.41) is 0. The molecule has 2 aromatic carbocycles. The van der Waals surface area contributed by atoms with Crippen LogP contribution >= 0.6 is 15.9 Å². The molecule has 1 heterocycles. The Balaban J connectivity index is 1.59. The van der Waals surface area contributed by atoms with Gasteiger partial charge in [-0.05, 0) is 52.0 Å². The third-order valence-corrected chi connectivity index (χ3v) is 5.30. The van der Waals surface area contributed by atoms with Crippen LogP contribution in [0, 0.1) is 5.92 Å². The van der Waals surface area contributed by atoms with Crippen LogP contribution in [0.2, 0.25) is 0 Å². The first-order chi connectivity index (χ1) is 13.1. The highest BCUT2D eigenvalue weighted by Crippen LogP contribution is 2.30. The van der Waals surface area contributed by atoms with Crippen molar-refractivity contribution in [3.63, 3.8) is 0 Å². The van der Waals surface area contributed by atoms with E-state index in [0.29, 0.717) is 18.8 Å². The highest BCUT2D eigenvalue weighted by molar-refractivity contribution is 9.10. The Kier molecular flexibility index (Phi) is 6.47. The summed E-state index contributed by atoms with van der Waals surface area (Å²) in [4.78, 5) is 25.8. The van der Waals surface area contributed by atoms with Crippen LogP contribution in [0.3, 0.4) is 0 Å². The van der Waals surface area contributed by atoms with E-state index in [0.717, 1.165) is 28.4 Å². The number of hydrogen-bond acceptors (Lipinski definition) is 4. The first-order valence-electron chi connectivity index (χ1n) is 8.84. The number of nitrogens with two attached hydrogens (primary N) is 1. The molecule has 142 valence electrons. The second-order valence-electron chi connectivity index (χ2n) is 6.49. The molecule has 0 radical (unpaired) electrons. The van der Waals surface area contributed by atoms with Gasteiger partial charge >= 0.3 is 0 Å². The number of benzene rings is 2. The minimum absolute atomic E-state index is 0.0692. The summed E-state index contributed by atoms with van der Waals surface area (Å²) < 4.78 is 6.49. The van der Waals surface area contributed by atoms with E-state index in [1.54, 1.807) is 4.90 Å². The zero-order valence-electron chi connectivity index (χ0n) is 14.9. The van der Waals surface area contributed by atoms with Crippen LogP contribution in [0.4, 0.5) is 0 Å². The van der Waals surface area contributed by atoms with E-state index >= 15 is 0 Å². The minimum atomic E-state index is -0.260. The number of carbonyl (C=O) groups excluding carboxylic acids is 2. The predicted octanol–water partition coefficient (Wildman–Crippen LogP) is 2.72. The number of halogens is 1. The Bertz CT molecular complexity index is 813. The molecule has 1 unspecified atom stereocenters. The van der Waals surface area contributed by atoms with E-state index in [4.69, 9.17) is 10.6 Å². The summed E-state index contributed by atoms with van der Waals surface area (Å²) in [6.07, 6.45) is 1.51. The maximum atomic E-state index is 12.5. The van der Waals surface area contributed by atoms with E-state index in [2.05, 4.69) is 21.4 Å². The molecule has 3 rings (SSSR count). The molecule has 7 heteroatoms. The lowest BCUT2D eigenvalue weighted by atomic mass is 9.97. The van der Waals surface area contributed by atoms with E-state index in [-0.39, 0.29) is 24.3 Å². The Morgan fingerprint density at radius 3 is 2.67 bits per heavy atom. The molecule has 1 saturated heterocycles. The molecule has 0 aliphatic carbocycles. The first kappa shape index (κ1) is 19.4. The van der Waals surface area contributed by atoms with Crippen LogP contribution in [0.5, 0.6) is 5.75 Å². The molecular formula is C20H22BrN3O3. The molecule has 2 aromatic rings. The van der Waals surface area contributed by atoms with Crippen LogP contribution in [-0.2, 0) is 9.59 Å². The van der Waals surface area contributed by atoms with Gasteiger partial charge in [-0.3, -0.25) is 15.0 Å². The van der Waals surface area contributed by atoms with E-state index < -0.39 is 0 Å². The third-order valence-electron chi connectivity index (χ3n) is 4.68. The standard InChI is InChI=1S/C20H22BrN3O3/c21-17-11-15(14-5-2-1-3-6-14)8-9-18(17)27-13-19(25)24-10-4-7-16(12-24)20(26)23-22/h1-3,5-6,8-9,11,16H,4,7,10,12-13,22H2,(H,23,26). The van der Waals surface area contributed by atoms with Gasteiger partial charge in [-0.1, -0.05) is 36.4 Å². The Morgan fingerprint density at radius 1 is 1.19 bits per heavy atom. The fourth-order valence-corrected chi connectivity index (χ4v) is 3.69. The molecule has 0 bridgehead atoms. The fraction of sp³-hybridized carbons (Fsp3) is 0.300. The van der Waals surface area contributed by atoms with Gasteiger partial charge in [-0.15, -0.1) is 0 Å². The van der Waals surface area contributed by atoms with Crippen LogP contribution in [-0.4, -0.2) is 36.4 Å². The molecule has 0 saturated carbocycles. The molecule has 1 atom stereocenters. The van der Waals surface area contributed by atoms with Gasteiger partial charge in [0.25, 0.3) is 5.91 Å². The summed E-state index contributed by atoms with van der Waals surface area (Å²) in [7, 11) is 0. The SMILES string of the molecule is NNC(=O)C1CCCN(C(=O)COc2ccc(-c3ccccc3)cc2Br)C1. The number of nitrogens with zero attached hydrogens (tertiary/aromatic N) is 1. The summed E-state index contributed by atoms with van der Waals surface area (Å²) in [5.41, 5.74) is 4.34. The predicted molar refractivity (Wildman–Crippen MR) is 107 cm³/mol. The van der Waals surface area contributed by atoms with Gasteiger partial charge < -0.3 is 9.64 Å². The zero-order chi connectivity index (χ0) is 19.2. The number of hydrogen-bond donors (Lipinski definition) is 2. The summed E-state index contributed by atoms with van der Waals surface area (Å²) in [5.74, 6) is 5.18. The number of carbonyl (C=O) groups is 2. The van der Waals surface area contributed by atoms with Crippen LogP contribution < -0.4 is 16.0 Å². The van der Waals surface area contributed by atoms with Crippen molar-refractivity contribution in [2.45, 2.75) is 12.8 Å². The Labute approximate surface area is 166 Å². The number of nitrogens with one attached hydrogen (secondary N) is 1. The molecule has 2 amide bonds. The molecule has 1 aliphatic rings. The van der Waals surface area contributed by atoms with Crippen molar-refractivity contribution in [2.75, 3.05) is 19.7 Å². The average Bonchev–Trinajstić information content (AvgIpc) is 2.72. The second kappa shape index (κ2) is 9.01. The lowest BCUT2D eigenvalue weighted by molar-refractivity contribution is -0.137. The number of hydrazine groups is 1. The molecule has 1 fully saturated rings. The summed E-state index contributed by atoms with van der Waals surface area (Å²) in [6.45, 7) is 0.935. The van der Waals surface area contributed by atoms with Crippen molar-refractivity contribution in [1.29, 1.82) is 0 Å². The molecule has 1 aliphatic heterocycles. The summed E-state index contributed by atoms with van der Waals surface area (Å²) in [6, 6.07) is 15.8. The molecule has 0 aromatic heterocycles. The van der Waals surface area contributed by atoms with Crippen LogP contribution in [0.25, 0.3) is 11.1 Å². The maximum Gasteiger partial charge on any atom is 0.260 e. The quantitative estimate of drug-likeness (QED) is 0.432. The molecular weight excluding hydrogens is 410 g/mol. The zero-order valence-corrected chi connectivity index (χ0v) is 16.4. The first-order valence-corrected chi connectivity index (χ1v) is 9.64. The van der Waals surface area contributed by atoms with Gasteiger partial charge in [-0.25, -0.2) is 5.84 Å². The molecule has 0 spiro atoms. The Hall–Kier alpha value is -2.38. The number of ether oxygens (including phenoxy) is 1. The van der Waals surface area contributed by atoms with E-state index in [9.17, 15) is 9.59 Å². The van der Waals surface area contributed by atoms with Crippen molar-refractivity contribution in [2.24, 2.45) is 11.8 Å². The van der Waals surface area contributed by atoms with Gasteiger partial charge in [0.15, 0.2) is 6.61 Å². The molecule has 27 heavy (non-hydrogen) atoms. The lowest BCUT2D eigenvalue weighted by Gasteiger charge is -2.31. The van der Waals surface area contributed by atoms with Gasteiger partial charge in [0.05, 0.1) is 10.4 Å². The highest BCUT2D eigenvalue weighted by Gasteiger charge is 2.28. The number of piperidine rings is 1. The number of likely N-dealkylation sites (tertiary alicyclic amines) is 1. The maximum absolute atomic E-state index is 12.5. The van der Waals surface area contributed by atoms with E-state index in [1.807, 2.05) is 48.5 Å². The lowest BCUT2D eigenvalue weighted by Crippen LogP contribution is -2.48. The van der Waals surface area contributed by atoms with Crippen molar-refractivity contribution in [3.05, 3.63) is 53.0 Å². The molecule has 3 N–H and O–H groups in total. The number of rotatable bonds is 5. The largest absolute Gasteiger partial charge is 0.483 e. The van der Waals surface area contributed by atoms with Crippen LogP contribution in [0.15, 0.2) is 53.0 Å².